The van der Waals surface area contributed by atoms with Gasteiger partial charge in [-0.15, -0.1) is 0 Å². The van der Waals surface area contributed by atoms with Crippen LogP contribution in [0.25, 0.3) is 0 Å². The Morgan fingerprint density at radius 1 is 1.38 bits per heavy atom. The van der Waals surface area contributed by atoms with Crippen LogP contribution in [0.4, 0.5) is 5.69 Å². The third-order valence-electron chi connectivity index (χ3n) is 3.26. The highest BCUT2D eigenvalue weighted by Crippen LogP contribution is 2.32. The molecule has 0 aliphatic heterocycles. The highest BCUT2D eigenvalue weighted by molar-refractivity contribution is 6.39. The topological polar surface area (TPSA) is 98.5 Å². The lowest BCUT2D eigenvalue weighted by atomic mass is 10.0. The summed E-state index contributed by atoms with van der Waals surface area (Å²) in [7, 11) is 0. The van der Waals surface area contributed by atoms with Crippen molar-refractivity contribution in [2.24, 2.45) is 0 Å². The lowest BCUT2D eigenvalue weighted by Crippen LogP contribution is -2.21. The largest absolute Gasteiger partial charge is 0.462 e. The number of ether oxygens (including phenoxy) is 1. The minimum absolute atomic E-state index is 0.0847. The third-order valence-corrected chi connectivity index (χ3v) is 3.87. The summed E-state index contributed by atoms with van der Waals surface area (Å²) in [4.78, 5) is 34.9. The SMILES string of the molecule is CCOC(=O)/C(=C\NC1CC1)C(=O)c1cc([N+](=O)[O-])c(Cl)cc1Cl. The molecule has 7 nitrogen and oxygen atoms in total. The molecule has 0 unspecified atom stereocenters. The quantitative estimate of drug-likeness (QED) is 0.150. The summed E-state index contributed by atoms with van der Waals surface area (Å²) in [6, 6.07) is 2.26. The lowest BCUT2D eigenvalue weighted by molar-refractivity contribution is -0.384. The molecule has 1 aromatic rings. The van der Waals surface area contributed by atoms with E-state index in [9.17, 15) is 19.7 Å². The number of halogens is 2. The van der Waals surface area contributed by atoms with Gasteiger partial charge < -0.3 is 10.1 Å². The minimum atomic E-state index is -0.829. The first-order chi connectivity index (χ1) is 11.3. The van der Waals surface area contributed by atoms with Crippen molar-refractivity contribution in [3.8, 4) is 0 Å². The van der Waals surface area contributed by atoms with Gasteiger partial charge in [-0.05, 0) is 25.8 Å². The van der Waals surface area contributed by atoms with Crippen molar-refractivity contribution in [3.63, 3.8) is 0 Å². The molecule has 0 spiro atoms. The van der Waals surface area contributed by atoms with Gasteiger partial charge in [0.25, 0.3) is 5.69 Å². The monoisotopic (exact) mass is 372 g/mol. The number of ketones is 1. The van der Waals surface area contributed by atoms with E-state index in [1.807, 2.05) is 0 Å². The van der Waals surface area contributed by atoms with E-state index >= 15 is 0 Å². The Hall–Kier alpha value is -2.12. The van der Waals surface area contributed by atoms with Crippen molar-refractivity contribution in [3.05, 3.63) is 49.6 Å². The second kappa shape index (κ2) is 7.63. The number of hydrogen-bond donors (Lipinski definition) is 1. The number of hydrogen-bond acceptors (Lipinski definition) is 6. The van der Waals surface area contributed by atoms with Crippen LogP contribution in [-0.2, 0) is 9.53 Å². The number of Topliss-reactive ketones (excluding diaryl/α,β-unsaturated/α-hetero) is 1. The van der Waals surface area contributed by atoms with Gasteiger partial charge >= 0.3 is 5.97 Å². The Morgan fingerprint density at radius 3 is 2.58 bits per heavy atom. The maximum absolute atomic E-state index is 12.6. The predicted molar refractivity (Wildman–Crippen MR) is 88.3 cm³/mol. The van der Waals surface area contributed by atoms with Gasteiger partial charge in [0.15, 0.2) is 0 Å². The summed E-state index contributed by atoms with van der Waals surface area (Å²) < 4.78 is 4.87. The molecule has 128 valence electrons. The molecule has 1 saturated carbocycles. The zero-order chi connectivity index (χ0) is 17.9. The van der Waals surface area contributed by atoms with E-state index in [1.54, 1.807) is 6.92 Å². The van der Waals surface area contributed by atoms with Crippen LogP contribution < -0.4 is 5.32 Å². The first-order valence-electron chi connectivity index (χ1n) is 7.16. The summed E-state index contributed by atoms with van der Waals surface area (Å²) in [5.74, 6) is -1.60. The Labute approximate surface area is 147 Å². The van der Waals surface area contributed by atoms with Crippen LogP contribution >= 0.6 is 23.2 Å². The third kappa shape index (κ3) is 4.24. The highest BCUT2D eigenvalue weighted by Gasteiger charge is 2.28. The number of nitro groups is 1. The number of carbonyl (C=O) groups excluding carboxylic acids is 2. The molecule has 9 heteroatoms. The summed E-state index contributed by atoms with van der Waals surface area (Å²) in [6.07, 6.45) is 3.15. The van der Waals surface area contributed by atoms with Crippen molar-refractivity contribution in [2.45, 2.75) is 25.8 Å². The van der Waals surface area contributed by atoms with E-state index in [4.69, 9.17) is 27.9 Å². The Kier molecular flexibility index (Phi) is 5.80. The molecule has 0 amide bonds. The zero-order valence-electron chi connectivity index (χ0n) is 12.7. The van der Waals surface area contributed by atoms with E-state index in [0.717, 1.165) is 25.0 Å². The molecule has 1 fully saturated rings. The van der Waals surface area contributed by atoms with Crippen LogP contribution in [0.3, 0.4) is 0 Å². The normalized spacial score (nSPS) is 14.2. The number of nitrogens with zero attached hydrogens (tertiary/aromatic N) is 1. The molecule has 0 atom stereocenters. The van der Waals surface area contributed by atoms with E-state index < -0.39 is 22.4 Å². The molecule has 1 aromatic carbocycles. The molecule has 2 rings (SSSR count). The average Bonchev–Trinajstić information content (AvgIpc) is 3.31. The van der Waals surface area contributed by atoms with Gasteiger partial charge in [0.1, 0.15) is 10.6 Å². The van der Waals surface area contributed by atoms with Gasteiger partial charge in [-0.3, -0.25) is 14.9 Å². The molecule has 24 heavy (non-hydrogen) atoms. The second-order valence-electron chi connectivity index (χ2n) is 5.09. The Morgan fingerprint density at radius 2 is 2.04 bits per heavy atom. The summed E-state index contributed by atoms with van der Waals surface area (Å²) in [5, 5.41) is 13.6. The van der Waals surface area contributed by atoms with Gasteiger partial charge in [0, 0.05) is 23.9 Å². The van der Waals surface area contributed by atoms with Crippen LogP contribution in [-0.4, -0.2) is 29.3 Å². The molecule has 0 saturated heterocycles. The number of benzene rings is 1. The summed E-state index contributed by atoms with van der Waals surface area (Å²) >= 11 is 11.7. The van der Waals surface area contributed by atoms with Gasteiger partial charge in [0.2, 0.25) is 5.78 Å². The van der Waals surface area contributed by atoms with Crippen LogP contribution in [0.15, 0.2) is 23.9 Å². The molecular formula is C15H14Cl2N2O5. The van der Waals surface area contributed by atoms with E-state index in [1.165, 1.54) is 6.20 Å². The van der Waals surface area contributed by atoms with Gasteiger partial charge in [0.05, 0.1) is 16.6 Å². The van der Waals surface area contributed by atoms with E-state index in [-0.39, 0.29) is 33.8 Å². The maximum atomic E-state index is 12.6. The van der Waals surface area contributed by atoms with Crippen LogP contribution in [0.1, 0.15) is 30.1 Å². The second-order valence-corrected chi connectivity index (χ2v) is 5.90. The first kappa shape index (κ1) is 18.2. The van der Waals surface area contributed by atoms with Crippen LogP contribution in [0.5, 0.6) is 0 Å². The van der Waals surface area contributed by atoms with Gasteiger partial charge in [-0.2, -0.15) is 0 Å². The number of carbonyl (C=O) groups is 2. The molecule has 1 N–H and O–H groups in total. The van der Waals surface area contributed by atoms with Crippen molar-refractivity contribution in [2.75, 3.05) is 6.61 Å². The summed E-state index contributed by atoms with van der Waals surface area (Å²) in [6.45, 7) is 1.69. The highest BCUT2D eigenvalue weighted by atomic mass is 35.5. The number of rotatable bonds is 7. The smallest absolute Gasteiger partial charge is 0.343 e. The van der Waals surface area contributed by atoms with Gasteiger partial charge in [-0.1, -0.05) is 23.2 Å². The van der Waals surface area contributed by atoms with E-state index in [2.05, 4.69) is 5.32 Å². The fourth-order valence-corrected chi connectivity index (χ4v) is 2.41. The number of esters is 1. The fourth-order valence-electron chi connectivity index (χ4n) is 1.87. The first-order valence-corrected chi connectivity index (χ1v) is 7.92. The van der Waals surface area contributed by atoms with Crippen molar-refractivity contribution < 1.29 is 19.2 Å². The fraction of sp³-hybridized carbons (Fsp3) is 0.333. The number of nitrogens with one attached hydrogen (secondary N) is 1. The lowest BCUT2D eigenvalue weighted by Gasteiger charge is -2.09. The van der Waals surface area contributed by atoms with Crippen LogP contribution in [0.2, 0.25) is 10.0 Å². The molecule has 1 aliphatic carbocycles. The molecule has 0 bridgehead atoms. The zero-order valence-corrected chi connectivity index (χ0v) is 14.2. The van der Waals surface area contributed by atoms with Gasteiger partial charge in [-0.25, -0.2) is 4.79 Å². The van der Waals surface area contributed by atoms with Crippen molar-refractivity contribution in [1.82, 2.24) is 5.32 Å². The van der Waals surface area contributed by atoms with Crippen molar-refractivity contribution in [1.29, 1.82) is 0 Å². The molecule has 0 heterocycles. The number of nitro benzene ring substituents is 1. The molecular weight excluding hydrogens is 359 g/mol. The van der Waals surface area contributed by atoms with E-state index in [0.29, 0.717) is 0 Å². The molecule has 1 aliphatic rings. The maximum Gasteiger partial charge on any atom is 0.343 e. The molecule has 0 aromatic heterocycles. The van der Waals surface area contributed by atoms with Crippen molar-refractivity contribution >= 4 is 40.6 Å². The minimum Gasteiger partial charge on any atom is -0.462 e. The predicted octanol–water partition coefficient (Wildman–Crippen LogP) is 3.28. The Bertz CT molecular complexity index is 729. The standard InChI is InChI=1S/C15H14Cl2N2O5/c1-2-24-15(21)10(7-18-8-3-4-8)14(20)9-5-13(19(22)23)12(17)6-11(9)16/h5-8,18H,2-4H2,1H3/b10-7-. The Balaban J connectivity index is 2.41. The van der Waals surface area contributed by atoms with Crippen LogP contribution in [0, 0.1) is 10.1 Å². The average molecular weight is 373 g/mol. The summed E-state index contributed by atoms with van der Waals surface area (Å²) in [5.41, 5.74) is -0.935. The molecule has 0 radical (unpaired) electrons.